The smallest absolute Gasteiger partial charge is 0.411 e. The first-order chi connectivity index (χ1) is 9.24. The van der Waals surface area contributed by atoms with Crippen LogP contribution in [0.3, 0.4) is 0 Å². The number of amides is 1. The minimum absolute atomic E-state index is 0.214. The van der Waals surface area contributed by atoms with Gasteiger partial charge in [-0.15, -0.1) is 0 Å². The molecule has 0 aromatic heterocycles. The third-order valence-electron chi connectivity index (χ3n) is 3.74. The Bertz CT molecular complexity index is 406. The van der Waals surface area contributed by atoms with Gasteiger partial charge < -0.3 is 9.47 Å². The van der Waals surface area contributed by atoms with Crippen LogP contribution in [0.25, 0.3) is 0 Å². The van der Waals surface area contributed by atoms with Crippen molar-refractivity contribution in [3.63, 3.8) is 0 Å². The number of halogens is 1. The standard InChI is InChI=1S/C14H22FNO4/c1-5-19-12(17)11-9-6-8(7-10(9)15)16(11)13(18)20-14(2,3)4/h8-11H,5-7H2,1-4H3/t8-,9-,10+,11+/m1/s1. The fraction of sp³-hybridized carbons (Fsp3) is 0.857. The predicted octanol–water partition coefficient (Wildman–Crippen LogP) is 2.29. The average Bonchev–Trinajstić information content (AvgIpc) is 2.82. The maximum absolute atomic E-state index is 13.9. The van der Waals surface area contributed by atoms with E-state index in [1.54, 1.807) is 27.7 Å². The number of ether oxygens (including phenoxy) is 2. The number of rotatable bonds is 2. The molecule has 0 aromatic carbocycles. The first-order valence-corrected chi connectivity index (χ1v) is 7.06. The SMILES string of the molecule is CCOC(=O)[C@@H]1[C@@H]2C[C@H](C[C@@H]2F)N1C(=O)OC(C)(C)C. The summed E-state index contributed by atoms with van der Waals surface area (Å²) in [6, 6.07) is -1.11. The Morgan fingerprint density at radius 2 is 1.95 bits per heavy atom. The molecule has 6 heteroatoms. The van der Waals surface area contributed by atoms with Gasteiger partial charge in [-0.3, -0.25) is 4.90 Å². The van der Waals surface area contributed by atoms with Crippen molar-refractivity contribution in [1.29, 1.82) is 0 Å². The fourth-order valence-corrected chi connectivity index (χ4v) is 3.07. The van der Waals surface area contributed by atoms with Crippen molar-refractivity contribution in [3.8, 4) is 0 Å². The minimum atomic E-state index is -1.05. The van der Waals surface area contributed by atoms with E-state index in [0.717, 1.165) is 0 Å². The quantitative estimate of drug-likeness (QED) is 0.731. The summed E-state index contributed by atoms with van der Waals surface area (Å²) in [6.45, 7) is 7.19. The van der Waals surface area contributed by atoms with Crippen LogP contribution in [0.1, 0.15) is 40.5 Å². The van der Waals surface area contributed by atoms with Crippen molar-refractivity contribution in [3.05, 3.63) is 0 Å². The van der Waals surface area contributed by atoms with Crippen LogP contribution >= 0.6 is 0 Å². The second-order valence-electron chi connectivity index (χ2n) is 6.39. The van der Waals surface area contributed by atoms with Gasteiger partial charge in [0.2, 0.25) is 0 Å². The highest BCUT2D eigenvalue weighted by molar-refractivity contribution is 5.83. The van der Waals surface area contributed by atoms with E-state index in [1.165, 1.54) is 4.90 Å². The Morgan fingerprint density at radius 1 is 1.30 bits per heavy atom. The summed E-state index contributed by atoms with van der Waals surface area (Å²) in [5.41, 5.74) is -0.646. The van der Waals surface area contributed by atoms with Gasteiger partial charge in [0.15, 0.2) is 0 Å². The largest absolute Gasteiger partial charge is 0.464 e. The number of hydrogen-bond donors (Lipinski definition) is 0. The third kappa shape index (κ3) is 2.74. The molecule has 1 aliphatic carbocycles. The fourth-order valence-electron chi connectivity index (χ4n) is 3.07. The van der Waals surface area contributed by atoms with Gasteiger partial charge in [0.05, 0.1) is 6.61 Å². The Balaban J connectivity index is 2.17. The van der Waals surface area contributed by atoms with E-state index in [2.05, 4.69) is 0 Å². The van der Waals surface area contributed by atoms with E-state index in [9.17, 15) is 14.0 Å². The molecule has 0 N–H and O–H groups in total. The van der Waals surface area contributed by atoms with Crippen LogP contribution in [0.15, 0.2) is 0 Å². The van der Waals surface area contributed by atoms with Crippen molar-refractivity contribution >= 4 is 12.1 Å². The van der Waals surface area contributed by atoms with Gasteiger partial charge in [0.25, 0.3) is 0 Å². The van der Waals surface area contributed by atoms with Crippen molar-refractivity contribution in [2.75, 3.05) is 6.61 Å². The molecular weight excluding hydrogens is 265 g/mol. The first kappa shape index (κ1) is 15.1. The van der Waals surface area contributed by atoms with E-state index in [0.29, 0.717) is 6.42 Å². The molecule has 0 spiro atoms. The minimum Gasteiger partial charge on any atom is -0.464 e. The lowest BCUT2D eigenvalue weighted by molar-refractivity contribution is -0.152. The highest BCUT2D eigenvalue weighted by Gasteiger charge is 2.57. The van der Waals surface area contributed by atoms with Crippen molar-refractivity contribution in [2.24, 2.45) is 5.92 Å². The van der Waals surface area contributed by atoms with Gasteiger partial charge in [-0.1, -0.05) is 0 Å². The number of piperidine rings is 1. The lowest BCUT2D eigenvalue weighted by Crippen LogP contribution is -2.53. The Labute approximate surface area is 118 Å². The lowest BCUT2D eigenvalue weighted by atomic mass is 9.97. The molecule has 1 aliphatic heterocycles. The molecule has 0 unspecified atom stereocenters. The molecule has 2 rings (SSSR count). The number of esters is 1. The number of carbonyl (C=O) groups is 2. The summed E-state index contributed by atoms with van der Waals surface area (Å²) >= 11 is 0. The molecule has 1 heterocycles. The van der Waals surface area contributed by atoms with E-state index >= 15 is 0 Å². The highest BCUT2D eigenvalue weighted by Crippen LogP contribution is 2.45. The van der Waals surface area contributed by atoms with Crippen LogP contribution in [0.4, 0.5) is 9.18 Å². The monoisotopic (exact) mass is 287 g/mol. The van der Waals surface area contributed by atoms with Gasteiger partial charge >= 0.3 is 12.1 Å². The zero-order valence-electron chi connectivity index (χ0n) is 12.4. The Morgan fingerprint density at radius 3 is 2.50 bits per heavy atom. The third-order valence-corrected chi connectivity index (χ3v) is 3.74. The molecule has 1 saturated heterocycles. The number of nitrogens with zero attached hydrogens (tertiary/aromatic N) is 1. The van der Waals surface area contributed by atoms with Gasteiger partial charge in [-0.2, -0.15) is 0 Å². The molecule has 1 saturated carbocycles. The number of likely N-dealkylation sites (tertiary alicyclic amines) is 1. The zero-order valence-corrected chi connectivity index (χ0v) is 12.4. The van der Waals surface area contributed by atoms with Crippen LogP contribution in [0.5, 0.6) is 0 Å². The zero-order chi connectivity index (χ0) is 15.1. The summed E-state index contributed by atoms with van der Waals surface area (Å²) < 4.78 is 24.2. The highest BCUT2D eigenvalue weighted by atomic mass is 19.1. The van der Waals surface area contributed by atoms with Crippen molar-refractivity contribution in [2.45, 2.75) is 64.4 Å². The molecule has 0 radical (unpaired) electrons. The molecule has 2 bridgehead atoms. The van der Waals surface area contributed by atoms with Gasteiger partial charge in [0, 0.05) is 12.0 Å². The van der Waals surface area contributed by atoms with Gasteiger partial charge in [-0.25, -0.2) is 14.0 Å². The van der Waals surface area contributed by atoms with E-state index in [4.69, 9.17) is 9.47 Å². The van der Waals surface area contributed by atoms with E-state index in [-0.39, 0.29) is 19.1 Å². The molecule has 5 nitrogen and oxygen atoms in total. The molecule has 2 fully saturated rings. The second kappa shape index (κ2) is 5.22. The summed E-state index contributed by atoms with van der Waals surface area (Å²) in [7, 11) is 0. The molecular formula is C14H22FNO4. The van der Waals surface area contributed by atoms with E-state index in [1.807, 2.05) is 0 Å². The van der Waals surface area contributed by atoms with Crippen LogP contribution < -0.4 is 0 Å². The number of alkyl halides is 1. The van der Waals surface area contributed by atoms with Crippen LogP contribution in [-0.2, 0) is 14.3 Å². The summed E-state index contributed by atoms with van der Waals surface area (Å²) in [4.78, 5) is 25.7. The normalized spacial score (nSPS) is 32.4. The number of fused-ring (bicyclic) bond motifs is 2. The Kier molecular flexibility index (Phi) is 3.93. The van der Waals surface area contributed by atoms with Crippen molar-refractivity contribution < 1.29 is 23.5 Å². The second-order valence-corrected chi connectivity index (χ2v) is 6.39. The maximum atomic E-state index is 13.9. The number of hydrogen-bond acceptors (Lipinski definition) is 4. The van der Waals surface area contributed by atoms with E-state index < -0.39 is 35.8 Å². The Hall–Kier alpha value is -1.33. The summed E-state index contributed by atoms with van der Waals surface area (Å²) in [6.07, 6.45) is -0.827. The topological polar surface area (TPSA) is 55.8 Å². The van der Waals surface area contributed by atoms with Crippen molar-refractivity contribution in [1.82, 2.24) is 4.90 Å². The molecule has 1 amide bonds. The molecule has 4 atom stereocenters. The average molecular weight is 287 g/mol. The first-order valence-electron chi connectivity index (χ1n) is 7.06. The maximum Gasteiger partial charge on any atom is 0.411 e. The summed E-state index contributed by atoms with van der Waals surface area (Å²) in [5.74, 6) is -1.00. The van der Waals surface area contributed by atoms with Gasteiger partial charge in [0.1, 0.15) is 17.8 Å². The van der Waals surface area contributed by atoms with Crippen LogP contribution in [0, 0.1) is 5.92 Å². The van der Waals surface area contributed by atoms with Crippen LogP contribution in [-0.4, -0.2) is 47.4 Å². The lowest BCUT2D eigenvalue weighted by Gasteiger charge is -2.36. The summed E-state index contributed by atoms with van der Waals surface area (Å²) in [5, 5.41) is 0. The molecule has 2 aliphatic rings. The predicted molar refractivity (Wildman–Crippen MR) is 69.9 cm³/mol. The molecule has 20 heavy (non-hydrogen) atoms. The van der Waals surface area contributed by atoms with Crippen LogP contribution in [0.2, 0.25) is 0 Å². The van der Waals surface area contributed by atoms with Gasteiger partial charge in [-0.05, 0) is 40.5 Å². The molecule has 0 aromatic rings. The number of carbonyl (C=O) groups excluding carboxylic acids is 2. The molecule has 114 valence electrons.